The number of aliphatic hydroxyl groups is 4. The smallest absolute Gasteiger partial charge is 0.387 e. The molecule has 0 bridgehead atoms. The Hall–Kier alpha value is -3.76. The minimum atomic E-state index is -4.73. The van der Waals surface area contributed by atoms with Crippen molar-refractivity contribution in [2.75, 3.05) is 51.1 Å². The molecule has 4 aromatic rings. The van der Waals surface area contributed by atoms with Gasteiger partial charge in [-0.25, -0.2) is 18.3 Å². The highest BCUT2D eigenvalue weighted by Crippen LogP contribution is 2.45. The molecule has 0 radical (unpaired) electrons. The van der Waals surface area contributed by atoms with Crippen LogP contribution in [-0.4, -0.2) is 136 Å². The number of phosphoric ester groups is 2. The van der Waals surface area contributed by atoms with Gasteiger partial charge in [-0.15, -0.1) is 0 Å². The van der Waals surface area contributed by atoms with Gasteiger partial charge in [-0.3, -0.25) is 37.7 Å². The lowest BCUT2D eigenvalue weighted by molar-refractivity contribution is -0.646. The van der Waals surface area contributed by atoms with Crippen molar-refractivity contribution in [1.82, 2.24) is 29.1 Å². The second-order valence-corrected chi connectivity index (χ2v) is 15.3. The fraction of sp³-hybridized carbons (Fsp3) is 0.615. The maximum absolute atomic E-state index is 12.4. The number of hydrogen-bond donors (Lipinski definition) is 10. The Morgan fingerprint density at radius 3 is 1.47 bits per heavy atom. The van der Waals surface area contributed by atoms with Crippen LogP contribution in [-0.2, 0) is 55.5 Å². The third-order valence-corrected chi connectivity index (χ3v) is 10.5. The predicted octanol–water partition coefficient (Wildman–Crippen LogP) is -5.20. The third-order valence-electron chi connectivity index (χ3n) is 8.57. The van der Waals surface area contributed by atoms with Crippen molar-refractivity contribution in [1.29, 1.82) is 0 Å². The van der Waals surface area contributed by atoms with Gasteiger partial charge in [0.2, 0.25) is 37.0 Å². The van der Waals surface area contributed by atoms with Gasteiger partial charge in [0.25, 0.3) is 22.3 Å². The molecule has 6 heterocycles. The number of nitrogens with one attached hydrogen (secondary N) is 2. The van der Waals surface area contributed by atoms with E-state index in [1.165, 1.54) is 30.9 Å². The first-order valence-electron chi connectivity index (χ1n) is 16.2. The summed E-state index contributed by atoms with van der Waals surface area (Å²) in [4.78, 5) is 57.6. The molecule has 0 aliphatic carbocycles. The lowest BCUT2D eigenvalue weighted by Gasteiger charge is -2.17. The number of aromatic amines is 2. The van der Waals surface area contributed by atoms with E-state index in [1.807, 2.05) is 0 Å². The number of H-pyrrole nitrogens is 2. The summed E-state index contributed by atoms with van der Waals surface area (Å²) in [6.07, 6.45) is -8.66. The molecule has 0 amide bonds. The fourth-order valence-corrected chi connectivity index (χ4v) is 7.47. The molecule has 0 aromatic carbocycles. The molecular weight excluding hydrogens is 786 g/mol. The van der Waals surface area contributed by atoms with Crippen molar-refractivity contribution in [2.45, 2.75) is 49.1 Å². The van der Waals surface area contributed by atoms with Crippen LogP contribution in [0, 0.1) is 0 Å². The van der Waals surface area contributed by atoms with Crippen LogP contribution in [0.1, 0.15) is 12.5 Å². The summed E-state index contributed by atoms with van der Waals surface area (Å²) in [7, 11) is -6.39. The molecule has 10 atom stereocenters. The van der Waals surface area contributed by atoms with Crippen LogP contribution < -0.4 is 31.7 Å². The maximum atomic E-state index is 12.4. The number of nitrogen functional groups attached to an aromatic ring is 2. The van der Waals surface area contributed by atoms with Crippen LogP contribution in [0.3, 0.4) is 0 Å². The van der Waals surface area contributed by atoms with Crippen molar-refractivity contribution < 1.29 is 80.8 Å². The Kier molecular flexibility index (Phi) is 11.9. The Morgan fingerprint density at radius 1 is 0.709 bits per heavy atom. The van der Waals surface area contributed by atoms with Crippen molar-refractivity contribution in [3.8, 4) is 0 Å². The molecule has 2 aliphatic heterocycles. The van der Waals surface area contributed by atoms with E-state index in [2.05, 4.69) is 19.9 Å². The van der Waals surface area contributed by atoms with Crippen LogP contribution in [0.4, 0.5) is 11.9 Å². The normalized spacial score (nSPS) is 27.9. The molecule has 2 saturated heterocycles. The summed E-state index contributed by atoms with van der Waals surface area (Å²) >= 11 is 0. The molecule has 0 spiro atoms. The second kappa shape index (κ2) is 16.0. The third kappa shape index (κ3) is 8.65. The quantitative estimate of drug-likeness (QED) is 0.0287. The fourth-order valence-electron chi connectivity index (χ4n) is 6.04. The highest BCUT2D eigenvalue weighted by molar-refractivity contribution is 7.47. The van der Waals surface area contributed by atoms with Crippen molar-refractivity contribution in [2.24, 2.45) is 14.1 Å². The number of rotatable bonds is 16. The molecule has 27 nitrogen and oxygen atoms in total. The molecule has 6 rings (SSSR count). The Morgan fingerprint density at radius 2 is 1.09 bits per heavy atom. The van der Waals surface area contributed by atoms with Gasteiger partial charge < -0.3 is 55.9 Å². The lowest BCUT2D eigenvalue weighted by atomic mass is 10.1. The number of aromatic nitrogens is 8. The summed E-state index contributed by atoms with van der Waals surface area (Å²) in [5, 5.41) is 42.3. The summed E-state index contributed by atoms with van der Waals surface area (Å²) in [6, 6.07) is 0. The van der Waals surface area contributed by atoms with Crippen LogP contribution in [0.25, 0.3) is 22.3 Å². The molecular formula is C26H40N10O17P2+2. The molecule has 12 N–H and O–H groups in total. The zero-order chi connectivity index (χ0) is 40.0. The standard InChI is InChI=1S/C26H38N10O17P2/c1-33-9-35(19-13(33)21(41)31-25(27)29-19)23-17(39)15(37)11(52-23)7-50-54(43,44)48-5-3-47-4-6-49-55(45,46)51-8-12-16(38)18(40)24(53-12)36-10-34(2)14-20(36)30-26(28)32-22(14)42/h9-12,15-18,23-24,37-40H,3-8H2,1-2H3,(H6-2,27,28,29,30,31,32,41,42,43,44,45,46)/p+2/t11-,12+,15?,16?,17?,18?,23-,24+. The molecule has 2 aliphatic rings. The van der Waals surface area contributed by atoms with E-state index >= 15 is 0 Å². The molecule has 6 unspecified atom stereocenters. The predicted molar refractivity (Wildman–Crippen MR) is 178 cm³/mol. The number of ether oxygens (including phenoxy) is 3. The van der Waals surface area contributed by atoms with E-state index in [1.54, 1.807) is 14.1 Å². The maximum Gasteiger partial charge on any atom is 0.472 e. The van der Waals surface area contributed by atoms with Gasteiger partial charge in [-0.05, 0) is 0 Å². The number of aliphatic hydroxyl groups excluding tert-OH is 4. The molecule has 4 aromatic heterocycles. The molecule has 0 saturated carbocycles. The van der Waals surface area contributed by atoms with E-state index in [-0.39, 0.29) is 47.4 Å². The van der Waals surface area contributed by atoms with Gasteiger partial charge in [-0.2, -0.15) is 19.1 Å². The summed E-state index contributed by atoms with van der Waals surface area (Å²) in [5.41, 5.74) is 10.5. The topological polar surface area (TPSA) is 381 Å². The number of aryl methyl sites for hydroxylation is 2. The summed E-state index contributed by atoms with van der Waals surface area (Å²) in [5.74, 6) is -0.397. The van der Waals surface area contributed by atoms with Crippen molar-refractivity contribution in [3.63, 3.8) is 0 Å². The van der Waals surface area contributed by atoms with E-state index in [0.717, 1.165) is 0 Å². The van der Waals surface area contributed by atoms with Crippen LogP contribution in [0.5, 0.6) is 0 Å². The number of nitrogens with two attached hydrogens (primary N) is 2. The molecule has 2 fully saturated rings. The first kappa shape index (κ1) is 40.9. The van der Waals surface area contributed by atoms with E-state index in [0.29, 0.717) is 0 Å². The number of hydrogen-bond acceptors (Lipinski definition) is 19. The van der Waals surface area contributed by atoms with Gasteiger partial charge >= 0.3 is 26.8 Å². The second-order valence-electron chi connectivity index (χ2n) is 12.4. The Labute approximate surface area is 307 Å². The van der Waals surface area contributed by atoms with Crippen molar-refractivity contribution >= 4 is 49.9 Å². The first-order chi connectivity index (χ1) is 25.9. The monoisotopic (exact) mass is 826 g/mol. The van der Waals surface area contributed by atoms with Crippen LogP contribution in [0.2, 0.25) is 0 Å². The van der Waals surface area contributed by atoms with E-state index in [9.17, 15) is 48.9 Å². The Balaban J connectivity index is 0.898. The zero-order valence-corrected chi connectivity index (χ0v) is 30.7. The van der Waals surface area contributed by atoms with Gasteiger partial charge in [0.05, 0.1) is 53.7 Å². The van der Waals surface area contributed by atoms with Crippen molar-refractivity contribution in [3.05, 3.63) is 33.4 Å². The molecule has 55 heavy (non-hydrogen) atoms. The highest BCUT2D eigenvalue weighted by atomic mass is 31.2. The SMILES string of the molecule is C[n+]1cn([C@@H]2O[C@H](COP(=O)(O)OCCOCCOP(=O)(O)OC[C@@H]3O[C@H](n4c[n+](C)c5c(=O)[nH]c(N)nc54)C(O)C3O)C(O)C2O)c2nc(N)[nH]c(=O)c21. The number of nitrogens with zero attached hydrogens (tertiary/aromatic N) is 6. The minimum Gasteiger partial charge on any atom is -0.387 e. The number of fused-ring (bicyclic) bond motifs is 2. The summed E-state index contributed by atoms with van der Waals surface area (Å²) in [6.45, 7) is -2.96. The van der Waals surface area contributed by atoms with Crippen LogP contribution in [0.15, 0.2) is 22.2 Å². The Bertz CT molecular complexity index is 2090. The average Bonchev–Trinajstić information content (AvgIpc) is 3.79. The van der Waals surface area contributed by atoms with Gasteiger partial charge in [0.15, 0.2) is 0 Å². The molecule has 304 valence electrons. The number of anilines is 2. The lowest BCUT2D eigenvalue weighted by Crippen LogP contribution is -2.34. The zero-order valence-electron chi connectivity index (χ0n) is 28.9. The van der Waals surface area contributed by atoms with E-state index < -0.39 is 102 Å². The molecule has 29 heteroatoms. The van der Waals surface area contributed by atoms with Gasteiger partial charge in [-0.1, -0.05) is 0 Å². The first-order valence-corrected chi connectivity index (χ1v) is 19.2. The van der Waals surface area contributed by atoms with Gasteiger partial charge in [0, 0.05) is 0 Å². The highest BCUT2D eigenvalue weighted by Gasteiger charge is 2.50. The van der Waals surface area contributed by atoms with E-state index in [4.69, 9.17) is 43.8 Å². The van der Waals surface area contributed by atoms with Crippen LogP contribution >= 0.6 is 15.6 Å². The number of imidazole rings is 2. The summed E-state index contributed by atoms with van der Waals surface area (Å²) < 4.78 is 66.2. The number of phosphoric acid groups is 2. The average molecular weight is 827 g/mol. The minimum absolute atomic E-state index is 0.0495. The van der Waals surface area contributed by atoms with Gasteiger partial charge in [0.1, 0.15) is 36.6 Å². The largest absolute Gasteiger partial charge is 0.472 e.